The normalized spacial score (nSPS) is 12.8. The number of halogens is 1. The molecule has 13 heavy (non-hydrogen) atoms. The van der Waals surface area contributed by atoms with E-state index in [0.29, 0.717) is 4.83 Å². The number of hydrogen-bond donors (Lipinski definition) is 0. The van der Waals surface area contributed by atoms with Crippen LogP contribution in [0.3, 0.4) is 0 Å². The first kappa shape index (κ1) is 10.8. The summed E-state index contributed by atoms with van der Waals surface area (Å²) in [4.78, 5) is 0.659. The average molecular weight is 240 g/mol. The molecule has 0 spiro atoms. The summed E-state index contributed by atoms with van der Waals surface area (Å²) >= 11 is 3.55. The van der Waals surface area contributed by atoms with Crippen molar-refractivity contribution in [3.8, 4) is 0 Å². The molecule has 1 aromatic rings. The summed E-state index contributed by atoms with van der Waals surface area (Å²) in [7, 11) is 0. The van der Waals surface area contributed by atoms with Crippen LogP contribution < -0.4 is 0 Å². The molecular formula is C12H16Br. The zero-order valence-electron chi connectivity index (χ0n) is 8.09. The molecule has 0 aliphatic rings. The van der Waals surface area contributed by atoms with Crippen LogP contribution in [0, 0.1) is 6.07 Å². The second kappa shape index (κ2) is 6.20. The molecule has 1 unspecified atom stereocenters. The smallest absolute Gasteiger partial charge is 0.0117 e. The Morgan fingerprint density at radius 3 is 2.85 bits per heavy atom. The third-order valence-electron chi connectivity index (χ3n) is 2.07. The van der Waals surface area contributed by atoms with Crippen LogP contribution in [0.5, 0.6) is 0 Å². The van der Waals surface area contributed by atoms with Crippen LogP contribution in [0.1, 0.15) is 31.7 Å². The summed E-state index contributed by atoms with van der Waals surface area (Å²) in [6.07, 6.45) is 5.01. The Hall–Kier alpha value is -0.300. The third-order valence-corrected chi connectivity index (χ3v) is 2.53. The van der Waals surface area contributed by atoms with Gasteiger partial charge < -0.3 is 0 Å². The number of unbranched alkanes of at least 4 members (excludes halogenated alkanes) is 1. The van der Waals surface area contributed by atoms with Gasteiger partial charge in [-0.05, 0) is 30.9 Å². The van der Waals surface area contributed by atoms with Gasteiger partial charge in [0.05, 0.1) is 0 Å². The Balaban J connectivity index is 2.13. The molecule has 0 aromatic heterocycles. The van der Waals surface area contributed by atoms with E-state index in [0.717, 1.165) is 0 Å². The minimum atomic E-state index is 0.659. The molecule has 1 atom stereocenters. The van der Waals surface area contributed by atoms with Gasteiger partial charge in [-0.2, -0.15) is 0 Å². The fraction of sp³-hybridized carbons (Fsp3) is 0.500. The lowest BCUT2D eigenvalue weighted by Crippen LogP contribution is -1.91. The molecule has 0 amide bonds. The lowest BCUT2D eigenvalue weighted by Gasteiger charge is -2.02. The largest absolute Gasteiger partial charge is 0.0894 e. The topological polar surface area (TPSA) is 0 Å². The van der Waals surface area contributed by atoms with E-state index < -0.39 is 0 Å². The predicted octanol–water partition coefficient (Wildman–Crippen LogP) is 3.98. The maximum absolute atomic E-state index is 3.55. The molecule has 0 fully saturated rings. The first-order chi connectivity index (χ1) is 6.29. The van der Waals surface area contributed by atoms with Crippen molar-refractivity contribution in [3.05, 3.63) is 35.9 Å². The second-order valence-electron chi connectivity index (χ2n) is 3.41. The highest BCUT2D eigenvalue weighted by molar-refractivity contribution is 9.09. The molecule has 0 saturated carbocycles. The molecule has 0 N–H and O–H groups in total. The first-order valence-electron chi connectivity index (χ1n) is 4.88. The molecule has 0 aliphatic carbocycles. The summed E-state index contributed by atoms with van der Waals surface area (Å²) in [5, 5.41) is 0. The molecule has 71 valence electrons. The summed E-state index contributed by atoms with van der Waals surface area (Å²) < 4.78 is 0. The minimum Gasteiger partial charge on any atom is -0.0894 e. The Bertz CT molecular complexity index is 216. The summed E-state index contributed by atoms with van der Waals surface area (Å²) in [5.41, 5.74) is 1.34. The van der Waals surface area contributed by atoms with E-state index in [1.165, 1.54) is 31.2 Å². The Kier molecular flexibility index (Phi) is 5.14. The number of rotatable bonds is 5. The van der Waals surface area contributed by atoms with Crippen molar-refractivity contribution in [3.63, 3.8) is 0 Å². The standard InChI is InChI=1S/C12H16Br/c1-11(13)7-5-6-10-12-8-3-2-4-9-12/h2-4,8,11H,5-7,10H2,1H3. The first-order valence-corrected chi connectivity index (χ1v) is 5.80. The summed E-state index contributed by atoms with van der Waals surface area (Å²) in [6, 6.07) is 11.5. The van der Waals surface area contributed by atoms with Crippen LogP contribution in [0.4, 0.5) is 0 Å². The van der Waals surface area contributed by atoms with E-state index in [1.807, 2.05) is 12.1 Å². The van der Waals surface area contributed by atoms with Gasteiger partial charge in [0, 0.05) is 4.83 Å². The zero-order valence-corrected chi connectivity index (χ0v) is 9.68. The van der Waals surface area contributed by atoms with E-state index in [2.05, 4.69) is 41.1 Å². The molecule has 1 heteroatoms. The van der Waals surface area contributed by atoms with Gasteiger partial charge >= 0.3 is 0 Å². The SMILES string of the molecule is CC(Br)CCCCc1[c]cccc1. The quantitative estimate of drug-likeness (QED) is 0.539. The highest BCUT2D eigenvalue weighted by Gasteiger charge is 1.96. The fourth-order valence-electron chi connectivity index (χ4n) is 1.33. The van der Waals surface area contributed by atoms with Crippen molar-refractivity contribution in [2.45, 2.75) is 37.4 Å². The van der Waals surface area contributed by atoms with Gasteiger partial charge in [-0.15, -0.1) is 0 Å². The lowest BCUT2D eigenvalue weighted by atomic mass is 10.1. The highest BCUT2D eigenvalue weighted by atomic mass is 79.9. The average Bonchev–Trinajstić information content (AvgIpc) is 2.14. The van der Waals surface area contributed by atoms with Gasteiger partial charge in [-0.1, -0.05) is 53.5 Å². The molecule has 0 aliphatic heterocycles. The Labute approximate surface area is 89.5 Å². The van der Waals surface area contributed by atoms with Crippen LogP contribution in [-0.4, -0.2) is 4.83 Å². The van der Waals surface area contributed by atoms with Crippen molar-refractivity contribution < 1.29 is 0 Å². The maximum Gasteiger partial charge on any atom is 0.0117 e. The van der Waals surface area contributed by atoms with Crippen molar-refractivity contribution >= 4 is 15.9 Å². The predicted molar refractivity (Wildman–Crippen MR) is 61.2 cm³/mol. The van der Waals surface area contributed by atoms with E-state index in [1.54, 1.807) is 0 Å². The van der Waals surface area contributed by atoms with E-state index in [-0.39, 0.29) is 0 Å². The van der Waals surface area contributed by atoms with Gasteiger partial charge in [0.1, 0.15) is 0 Å². The fourth-order valence-corrected chi connectivity index (χ4v) is 1.65. The second-order valence-corrected chi connectivity index (χ2v) is 4.98. The van der Waals surface area contributed by atoms with Crippen molar-refractivity contribution in [2.24, 2.45) is 0 Å². The van der Waals surface area contributed by atoms with Crippen molar-refractivity contribution in [1.29, 1.82) is 0 Å². The van der Waals surface area contributed by atoms with Crippen LogP contribution in [0.25, 0.3) is 0 Å². The highest BCUT2D eigenvalue weighted by Crippen LogP contribution is 2.11. The van der Waals surface area contributed by atoms with E-state index >= 15 is 0 Å². The molecule has 0 bridgehead atoms. The number of hydrogen-bond acceptors (Lipinski definition) is 0. The van der Waals surface area contributed by atoms with Crippen LogP contribution >= 0.6 is 15.9 Å². The van der Waals surface area contributed by atoms with E-state index in [9.17, 15) is 0 Å². The van der Waals surface area contributed by atoms with E-state index in [4.69, 9.17) is 0 Å². The monoisotopic (exact) mass is 239 g/mol. The summed E-state index contributed by atoms with van der Waals surface area (Å²) in [5.74, 6) is 0. The molecule has 1 rings (SSSR count). The van der Waals surface area contributed by atoms with Gasteiger partial charge in [0.2, 0.25) is 0 Å². The van der Waals surface area contributed by atoms with Gasteiger partial charge in [0.15, 0.2) is 0 Å². The van der Waals surface area contributed by atoms with Crippen LogP contribution in [0.15, 0.2) is 24.3 Å². The lowest BCUT2D eigenvalue weighted by molar-refractivity contribution is 0.680. The molecule has 1 aromatic carbocycles. The Morgan fingerprint density at radius 2 is 2.23 bits per heavy atom. The van der Waals surface area contributed by atoms with Gasteiger partial charge in [-0.3, -0.25) is 0 Å². The minimum absolute atomic E-state index is 0.659. The number of benzene rings is 1. The molecule has 0 heterocycles. The zero-order chi connectivity index (χ0) is 9.52. The number of aryl methyl sites for hydroxylation is 1. The molecular weight excluding hydrogens is 224 g/mol. The van der Waals surface area contributed by atoms with Crippen LogP contribution in [0.2, 0.25) is 0 Å². The third kappa shape index (κ3) is 5.09. The molecule has 1 radical (unpaired) electrons. The van der Waals surface area contributed by atoms with Crippen molar-refractivity contribution in [2.75, 3.05) is 0 Å². The maximum atomic E-state index is 3.55. The van der Waals surface area contributed by atoms with Crippen LogP contribution in [-0.2, 0) is 6.42 Å². The number of alkyl halides is 1. The molecule has 0 saturated heterocycles. The van der Waals surface area contributed by atoms with Gasteiger partial charge in [-0.25, -0.2) is 0 Å². The van der Waals surface area contributed by atoms with Gasteiger partial charge in [0.25, 0.3) is 0 Å². The summed E-state index contributed by atoms with van der Waals surface area (Å²) in [6.45, 7) is 2.20. The van der Waals surface area contributed by atoms with Crippen molar-refractivity contribution in [1.82, 2.24) is 0 Å². The molecule has 0 nitrogen and oxygen atoms in total. The Morgan fingerprint density at radius 1 is 1.38 bits per heavy atom.